The molecule has 2 rings (SSSR count). The first-order valence-corrected chi connectivity index (χ1v) is 5.63. The number of rotatable bonds is 4. The molecule has 0 aliphatic heterocycles. The molecule has 0 radical (unpaired) electrons. The first-order valence-electron chi connectivity index (χ1n) is 5.25. The van der Waals surface area contributed by atoms with Crippen molar-refractivity contribution in [2.24, 2.45) is 0 Å². The number of halogens is 1. The highest BCUT2D eigenvalue weighted by atomic mass is 35.5. The number of methoxy groups -OCH3 is 1. The number of para-hydroxylation sites is 1. The lowest BCUT2D eigenvalue weighted by Crippen LogP contribution is -1.99. The zero-order valence-electron chi connectivity index (χ0n) is 9.68. The average molecular weight is 267 g/mol. The first kappa shape index (κ1) is 12.5. The summed E-state index contributed by atoms with van der Waals surface area (Å²) < 4.78 is 15.3. The summed E-state index contributed by atoms with van der Waals surface area (Å²) >= 11 is 5.94. The van der Waals surface area contributed by atoms with Gasteiger partial charge in [-0.1, -0.05) is 23.7 Å². The summed E-state index contributed by atoms with van der Waals surface area (Å²) in [4.78, 5) is 11.2. The Labute approximate surface area is 109 Å². The fourth-order valence-corrected chi connectivity index (χ4v) is 1.57. The number of esters is 1. The van der Waals surface area contributed by atoms with Crippen molar-refractivity contribution in [3.63, 3.8) is 0 Å². The minimum Gasteiger partial charge on any atom is -0.484 e. The molecule has 18 heavy (non-hydrogen) atoms. The number of furan rings is 1. The van der Waals surface area contributed by atoms with Crippen molar-refractivity contribution in [2.75, 3.05) is 7.11 Å². The van der Waals surface area contributed by atoms with E-state index in [0.29, 0.717) is 16.5 Å². The quantitative estimate of drug-likeness (QED) is 0.797. The minimum atomic E-state index is -0.515. The van der Waals surface area contributed by atoms with Gasteiger partial charge in [0.25, 0.3) is 0 Å². The number of carbonyl (C=O) groups is 1. The Balaban J connectivity index is 2.01. The van der Waals surface area contributed by atoms with Gasteiger partial charge in [0, 0.05) is 0 Å². The van der Waals surface area contributed by atoms with E-state index in [9.17, 15) is 4.79 Å². The third-order valence-corrected chi connectivity index (χ3v) is 2.57. The average Bonchev–Trinajstić information content (AvgIpc) is 2.86. The van der Waals surface area contributed by atoms with Gasteiger partial charge in [-0.05, 0) is 24.3 Å². The van der Waals surface area contributed by atoms with Gasteiger partial charge >= 0.3 is 5.97 Å². The standard InChI is InChI=1S/C13H11ClO4/c1-16-13(15)12-7-6-9(18-12)8-17-11-5-3-2-4-10(11)14/h2-7H,8H2,1H3. The second kappa shape index (κ2) is 5.60. The van der Waals surface area contributed by atoms with Crippen LogP contribution >= 0.6 is 11.6 Å². The summed E-state index contributed by atoms with van der Waals surface area (Å²) in [5.74, 6) is 0.722. The van der Waals surface area contributed by atoms with Crippen LogP contribution in [0.15, 0.2) is 40.8 Å². The van der Waals surface area contributed by atoms with Crippen LogP contribution in [-0.4, -0.2) is 13.1 Å². The molecule has 1 aromatic carbocycles. The van der Waals surface area contributed by atoms with E-state index < -0.39 is 5.97 Å². The van der Waals surface area contributed by atoms with Crippen molar-refractivity contribution in [3.05, 3.63) is 52.9 Å². The first-order chi connectivity index (χ1) is 8.70. The van der Waals surface area contributed by atoms with Crippen molar-refractivity contribution < 1.29 is 18.7 Å². The molecular formula is C13H11ClO4. The molecule has 0 spiro atoms. The predicted molar refractivity (Wildman–Crippen MR) is 65.8 cm³/mol. The van der Waals surface area contributed by atoms with E-state index in [2.05, 4.69) is 4.74 Å². The third kappa shape index (κ3) is 2.84. The van der Waals surface area contributed by atoms with Crippen LogP contribution in [0, 0.1) is 0 Å². The lowest BCUT2D eigenvalue weighted by molar-refractivity contribution is 0.0561. The second-order valence-electron chi connectivity index (χ2n) is 3.48. The largest absolute Gasteiger partial charge is 0.484 e. The van der Waals surface area contributed by atoms with Crippen LogP contribution < -0.4 is 4.74 Å². The van der Waals surface area contributed by atoms with Crippen molar-refractivity contribution >= 4 is 17.6 Å². The van der Waals surface area contributed by atoms with Crippen molar-refractivity contribution in [3.8, 4) is 5.75 Å². The Morgan fingerprint density at radius 2 is 2.06 bits per heavy atom. The highest BCUT2D eigenvalue weighted by Crippen LogP contribution is 2.24. The van der Waals surface area contributed by atoms with Crippen molar-refractivity contribution in [1.82, 2.24) is 0 Å². The molecule has 0 saturated heterocycles. The number of ether oxygens (including phenoxy) is 2. The van der Waals surface area contributed by atoms with Crippen LogP contribution in [-0.2, 0) is 11.3 Å². The molecule has 4 nitrogen and oxygen atoms in total. The van der Waals surface area contributed by atoms with Gasteiger partial charge in [-0.2, -0.15) is 0 Å². The summed E-state index contributed by atoms with van der Waals surface area (Å²) in [6.07, 6.45) is 0. The van der Waals surface area contributed by atoms with E-state index in [4.69, 9.17) is 20.8 Å². The van der Waals surface area contributed by atoms with E-state index >= 15 is 0 Å². The molecular weight excluding hydrogens is 256 g/mol. The number of hydrogen-bond donors (Lipinski definition) is 0. The Hall–Kier alpha value is -1.94. The molecule has 0 unspecified atom stereocenters. The highest BCUT2D eigenvalue weighted by molar-refractivity contribution is 6.32. The summed E-state index contributed by atoms with van der Waals surface area (Å²) in [6.45, 7) is 0.195. The van der Waals surface area contributed by atoms with Gasteiger partial charge in [-0.3, -0.25) is 0 Å². The van der Waals surface area contributed by atoms with E-state index in [-0.39, 0.29) is 12.4 Å². The number of carbonyl (C=O) groups excluding carboxylic acids is 1. The maximum absolute atomic E-state index is 11.2. The van der Waals surface area contributed by atoms with E-state index in [1.165, 1.54) is 13.2 Å². The van der Waals surface area contributed by atoms with Gasteiger partial charge in [-0.25, -0.2) is 4.79 Å². The Bertz CT molecular complexity index is 547. The Kier molecular flexibility index (Phi) is 3.89. The normalized spacial score (nSPS) is 10.1. The topological polar surface area (TPSA) is 48.7 Å². The molecule has 0 aliphatic carbocycles. The highest BCUT2D eigenvalue weighted by Gasteiger charge is 2.11. The predicted octanol–water partition coefficient (Wildman–Crippen LogP) is 3.30. The third-order valence-electron chi connectivity index (χ3n) is 2.25. The van der Waals surface area contributed by atoms with E-state index in [1.54, 1.807) is 18.2 Å². The van der Waals surface area contributed by atoms with Crippen LogP contribution in [0.2, 0.25) is 5.02 Å². The number of hydrogen-bond acceptors (Lipinski definition) is 4. The van der Waals surface area contributed by atoms with E-state index in [0.717, 1.165) is 0 Å². The fraction of sp³-hybridized carbons (Fsp3) is 0.154. The Morgan fingerprint density at radius 1 is 1.28 bits per heavy atom. The van der Waals surface area contributed by atoms with Gasteiger partial charge in [0.1, 0.15) is 18.1 Å². The SMILES string of the molecule is COC(=O)c1ccc(COc2ccccc2Cl)o1. The molecule has 0 amide bonds. The fourth-order valence-electron chi connectivity index (χ4n) is 1.38. The smallest absolute Gasteiger partial charge is 0.373 e. The zero-order valence-corrected chi connectivity index (χ0v) is 10.4. The maximum atomic E-state index is 11.2. The van der Waals surface area contributed by atoms with Gasteiger partial charge in [0.05, 0.1) is 12.1 Å². The van der Waals surface area contributed by atoms with Gasteiger partial charge in [0.2, 0.25) is 5.76 Å². The van der Waals surface area contributed by atoms with Crippen molar-refractivity contribution in [2.45, 2.75) is 6.61 Å². The molecule has 0 aliphatic rings. The zero-order chi connectivity index (χ0) is 13.0. The molecule has 5 heteroatoms. The molecule has 1 heterocycles. The molecule has 1 aromatic heterocycles. The Morgan fingerprint density at radius 3 is 2.78 bits per heavy atom. The molecule has 0 fully saturated rings. The van der Waals surface area contributed by atoms with Crippen LogP contribution in [0.5, 0.6) is 5.75 Å². The second-order valence-corrected chi connectivity index (χ2v) is 3.88. The summed E-state index contributed by atoms with van der Waals surface area (Å²) in [5, 5.41) is 0.525. The lowest BCUT2D eigenvalue weighted by Gasteiger charge is -2.05. The van der Waals surface area contributed by atoms with Crippen LogP contribution in [0.1, 0.15) is 16.3 Å². The lowest BCUT2D eigenvalue weighted by atomic mass is 10.3. The van der Waals surface area contributed by atoms with Crippen molar-refractivity contribution in [1.29, 1.82) is 0 Å². The molecule has 2 aromatic rings. The molecule has 0 N–H and O–H groups in total. The molecule has 0 saturated carbocycles. The van der Waals surface area contributed by atoms with Gasteiger partial charge in [-0.15, -0.1) is 0 Å². The molecule has 0 bridgehead atoms. The molecule has 0 atom stereocenters. The monoisotopic (exact) mass is 266 g/mol. The maximum Gasteiger partial charge on any atom is 0.373 e. The van der Waals surface area contributed by atoms with Crippen LogP contribution in [0.3, 0.4) is 0 Å². The van der Waals surface area contributed by atoms with Crippen LogP contribution in [0.4, 0.5) is 0 Å². The number of benzene rings is 1. The van der Waals surface area contributed by atoms with Crippen LogP contribution in [0.25, 0.3) is 0 Å². The van der Waals surface area contributed by atoms with Gasteiger partial charge < -0.3 is 13.9 Å². The summed E-state index contributed by atoms with van der Waals surface area (Å²) in [5.41, 5.74) is 0. The summed E-state index contributed by atoms with van der Waals surface area (Å²) in [6, 6.07) is 10.3. The summed E-state index contributed by atoms with van der Waals surface area (Å²) in [7, 11) is 1.30. The van der Waals surface area contributed by atoms with E-state index in [1.807, 2.05) is 12.1 Å². The molecule has 94 valence electrons. The minimum absolute atomic E-state index is 0.148. The van der Waals surface area contributed by atoms with Gasteiger partial charge in [0.15, 0.2) is 0 Å².